The summed E-state index contributed by atoms with van der Waals surface area (Å²) in [7, 11) is 1.17. The van der Waals surface area contributed by atoms with Gasteiger partial charge in [-0.15, -0.1) is 0 Å². The Morgan fingerprint density at radius 1 is 1.41 bits per heavy atom. The standard InChI is InChI=1S/C11H9F3O3/c1-16-10(15)5-3-7-2-4-8(12)6-9(7)17-11(13)14/h2-6,11H,1H3. The Morgan fingerprint density at radius 3 is 2.71 bits per heavy atom. The van der Waals surface area contributed by atoms with Crippen LogP contribution in [0.2, 0.25) is 0 Å². The minimum atomic E-state index is -3.07. The van der Waals surface area contributed by atoms with E-state index in [0.717, 1.165) is 18.2 Å². The first-order valence-electron chi connectivity index (χ1n) is 4.53. The largest absolute Gasteiger partial charge is 0.466 e. The van der Waals surface area contributed by atoms with Crippen molar-refractivity contribution in [3.05, 3.63) is 35.7 Å². The Kier molecular flexibility index (Phi) is 4.56. The maximum absolute atomic E-state index is 12.8. The van der Waals surface area contributed by atoms with E-state index in [4.69, 9.17) is 0 Å². The number of ether oxygens (including phenoxy) is 2. The molecule has 0 radical (unpaired) electrons. The highest BCUT2D eigenvalue weighted by Crippen LogP contribution is 2.23. The van der Waals surface area contributed by atoms with Gasteiger partial charge in [0.25, 0.3) is 0 Å². The van der Waals surface area contributed by atoms with Gasteiger partial charge in [-0.1, -0.05) is 0 Å². The number of rotatable bonds is 4. The SMILES string of the molecule is COC(=O)C=Cc1ccc(F)cc1OC(F)F. The van der Waals surface area contributed by atoms with Crippen LogP contribution in [0.1, 0.15) is 5.56 Å². The zero-order valence-electron chi connectivity index (χ0n) is 8.82. The van der Waals surface area contributed by atoms with Crippen molar-refractivity contribution in [2.45, 2.75) is 6.61 Å². The summed E-state index contributed by atoms with van der Waals surface area (Å²) in [4.78, 5) is 10.8. The molecular formula is C11H9F3O3. The molecule has 0 aromatic heterocycles. The molecule has 0 heterocycles. The van der Waals surface area contributed by atoms with Crippen molar-refractivity contribution in [1.29, 1.82) is 0 Å². The molecule has 17 heavy (non-hydrogen) atoms. The molecule has 0 unspecified atom stereocenters. The fourth-order valence-corrected chi connectivity index (χ4v) is 1.07. The molecule has 0 aliphatic heterocycles. The molecule has 1 aromatic rings. The summed E-state index contributed by atoms with van der Waals surface area (Å²) in [6, 6.07) is 3.09. The third kappa shape index (κ3) is 4.18. The van der Waals surface area contributed by atoms with E-state index in [-0.39, 0.29) is 11.3 Å². The molecule has 0 saturated carbocycles. The lowest BCUT2D eigenvalue weighted by molar-refractivity contribution is -0.134. The van der Waals surface area contributed by atoms with Gasteiger partial charge in [-0.05, 0) is 18.2 Å². The third-order valence-corrected chi connectivity index (χ3v) is 1.79. The number of hydrogen-bond donors (Lipinski definition) is 0. The number of hydrogen-bond acceptors (Lipinski definition) is 3. The summed E-state index contributed by atoms with van der Waals surface area (Å²) in [5.41, 5.74) is 0.150. The quantitative estimate of drug-likeness (QED) is 0.605. The molecule has 0 amide bonds. The Labute approximate surface area is 95.5 Å². The van der Waals surface area contributed by atoms with Crippen LogP contribution < -0.4 is 4.74 Å². The van der Waals surface area contributed by atoms with Gasteiger partial charge in [-0.3, -0.25) is 0 Å². The van der Waals surface area contributed by atoms with Crippen molar-refractivity contribution in [2.75, 3.05) is 7.11 Å². The van der Waals surface area contributed by atoms with Crippen molar-refractivity contribution in [1.82, 2.24) is 0 Å². The lowest BCUT2D eigenvalue weighted by atomic mass is 10.2. The average molecular weight is 246 g/mol. The monoisotopic (exact) mass is 246 g/mol. The highest BCUT2D eigenvalue weighted by atomic mass is 19.3. The van der Waals surface area contributed by atoms with Gasteiger partial charge in [0.1, 0.15) is 11.6 Å². The second-order valence-corrected chi connectivity index (χ2v) is 2.92. The molecule has 0 fully saturated rings. The lowest BCUT2D eigenvalue weighted by Gasteiger charge is -2.07. The Morgan fingerprint density at radius 2 is 2.12 bits per heavy atom. The Bertz CT molecular complexity index is 430. The first-order valence-corrected chi connectivity index (χ1v) is 4.53. The summed E-state index contributed by atoms with van der Waals surface area (Å²) in [6.07, 6.45) is 2.22. The van der Waals surface area contributed by atoms with E-state index < -0.39 is 18.4 Å². The van der Waals surface area contributed by atoms with Crippen LogP contribution in [0.15, 0.2) is 24.3 Å². The summed E-state index contributed by atoms with van der Waals surface area (Å²) in [5.74, 6) is -1.71. The Hall–Kier alpha value is -1.98. The molecule has 0 saturated heterocycles. The van der Waals surface area contributed by atoms with Crippen molar-refractivity contribution in [3.63, 3.8) is 0 Å². The van der Waals surface area contributed by atoms with Crippen molar-refractivity contribution in [2.24, 2.45) is 0 Å². The van der Waals surface area contributed by atoms with Crippen LogP contribution in [-0.2, 0) is 9.53 Å². The minimum Gasteiger partial charge on any atom is -0.466 e. The molecule has 0 bridgehead atoms. The van der Waals surface area contributed by atoms with E-state index in [1.54, 1.807) is 0 Å². The zero-order chi connectivity index (χ0) is 12.8. The number of alkyl halides is 2. The van der Waals surface area contributed by atoms with Gasteiger partial charge < -0.3 is 9.47 Å². The van der Waals surface area contributed by atoms with E-state index in [2.05, 4.69) is 9.47 Å². The second kappa shape index (κ2) is 5.93. The van der Waals surface area contributed by atoms with Crippen molar-refractivity contribution < 1.29 is 27.4 Å². The lowest BCUT2D eigenvalue weighted by Crippen LogP contribution is -2.03. The topological polar surface area (TPSA) is 35.5 Å². The number of esters is 1. The Balaban J connectivity index is 2.97. The molecule has 0 atom stereocenters. The number of halogens is 3. The van der Waals surface area contributed by atoms with Gasteiger partial charge in [0.15, 0.2) is 0 Å². The molecule has 6 heteroatoms. The van der Waals surface area contributed by atoms with Gasteiger partial charge in [0, 0.05) is 17.7 Å². The molecule has 1 rings (SSSR count). The predicted molar refractivity (Wildman–Crippen MR) is 54.1 cm³/mol. The van der Waals surface area contributed by atoms with Crippen LogP contribution in [0.3, 0.4) is 0 Å². The summed E-state index contributed by atoms with van der Waals surface area (Å²) in [6.45, 7) is -3.07. The second-order valence-electron chi connectivity index (χ2n) is 2.92. The first kappa shape index (κ1) is 13.1. The van der Waals surface area contributed by atoms with Gasteiger partial charge in [-0.2, -0.15) is 8.78 Å². The van der Waals surface area contributed by atoms with E-state index in [9.17, 15) is 18.0 Å². The fourth-order valence-electron chi connectivity index (χ4n) is 1.07. The summed E-state index contributed by atoms with van der Waals surface area (Å²) in [5, 5.41) is 0. The van der Waals surface area contributed by atoms with E-state index in [1.165, 1.54) is 19.3 Å². The van der Waals surface area contributed by atoms with Crippen LogP contribution in [0.4, 0.5) is 13.2 Å². The molecule has 92 valence electrons. The number of carbonyl (C=O) groups excluding carboxylic acids is 1. The molecule has 0 aliphatic carbocycles. The molecule has 1 aromatic carbocycles. The third-order valence-electron chi connectivity index (χ3n) is 1.79. The van der Waals surface area contributed by atoms with Crippen LogP contribution in [0, 0.1) is 5.82 Å². The summed E-state index contributed by atoms with van der Waals surface area (Å²) >= 11 is 0. The highest BCUT2D eigenvalue weighted by molar-refractivity contribution is 5.87. The van der Waals surface area contributed by atoms with E-state index in [1.807, 2.05) is 0 Å². The van der Waals surface area contributed by atoms with Gasteiger partial charge in [0.2, 0.25) is 0 Å². The molecule has 0 aliphatic rings. The smallest absolute Gasteiger partial charge is 0.387 e. The van der Waals surface area contributed by atoms with Gasteiger partial charge >= 0.3 is 12.6 Å². The maximum atomic E-state index is 12.8. The van der Waals surface area contributed by atoms with E-state index >= 15 is 0 Å². The molecular weight excluding hydrogens is 237 g/mol. The molecule has 0 N–H and O–H groups in total. The van der Waals surface area contributed by atoms with Crippen LogP contribution in [-0.4, -0.2) is 19.7 Å². The predicted octanol–water partition coefficient (Wildman–Crippen LogP) is 2.61. The van der Waals surface area contributed by atoms with Gasteiger partial charge in [0.05, 0.1) is 7.11 Å². The van der Waals surface area contributed by atoms with Crippen LogP contribution >= 0.6 is 0 Å². The van der Waals surface area contributed by atoms with E-state index in [0.29, 0.717) is 0 Å². The zero-order valence-corrected chi connectivity index (χ0v) is 8.82. The highest BCUT2D eigenvalue weighted by Gasteiger charge is 2.09. The maximum Gasteiger partial charge on any atom is 0.387 e. The normalized spacial score (nSPS) is 10.9. The van der Waals surface area contributed by atoms with Crippen molar-refractivity contribution in [3.8, 4) is 5.75 Å². The van der Waals surface area contributed by atoms with Crippen LogP contribution in [0.5, 0.6) is 5.75 Å². The fraction of sp³-hybridized carbons (Fsp3) is 0.182. The number of carbonyl (C=O) groups is 1. The molecule has 0 spiro atoms. The average Bonchev–Trinajstić information content (AvgIpc) is 2.26. The number of benzene rings is 1. The van der Waals surface area contributed by atoms with Crippen molar-refractivity contribution >= 4 is 12.0 Å². The summed E-state index contributed by atoms with van der Waals surface area (Å²) < 4.78 is 45.3. The number of methoxy groups -OCH3 is 1. The first-order chi connectivity index (χ1) is 8.02. The van der Waals surface area contributed by atoms with Gasteiger partial charge in [-0.25, -0.2) is 9.18 Å². The molecule has 3 nitrogen and oxygen atoms in total. The minimum absolute atomic E-state index is 0.150. The van der Waals surface area contributed by atoms with Crippen LogP contribution in [0.25, 0.3) is 6.08 Å².